The Bertz CT molecular complexity index is 517. The van der Waals surface area contributed by atoms with Crippen molar-refractivity contribution in [2.24, 2.45) is 5.92 Å². The standard InChI is InChI=1S/C14H19FN2O3/c1-9(14(19)20)8-17(4)13(18)11-6-5-10(16(2)3)7-12(11)15/h5-7,9H,8H2,1-4H3,(H,19,20). The Balaban J connectivity index is 2.89. The lowest BCUT2D eigenvalue weighted by molar-refractivity contribution is -0.141. The van der Waals surface area contributed by atoms with Crippen LogP contribution in [0.25, 0.3) is 0 Å². The highest BCUT2D eigenvalue weighted by molar-refractivity contribution is 5.95. The van der Waals surface area contributed by atoms with Gasteiger partial charge in [0.25, 0.3) is 5.91 Å². The lowest BCUT2D eigenvalue weighted by Crippen LogP contribution is -2.34. The van der Waals surface area contributed by atoms with Gasteiger partial charge in [0.2, 0.25) is 0 Å². The van der Waals surface area contributed by atoms with E-state index < -0.39 is 23.6 Å². The zero-order valence-electron chi connectivity index (χ0n) is 12.1. The fraction of sp³-hybridized carbons (Fsp3) is 0.429. The fourth-order valence-corrected chi connectivity index (χ4v) is 1.73. The number of carboxylic acids is 1. The molecule has 1 amide bonds. The summed E-state index contributed by atoms with van der Waals surface area (Å²) in [7, 11) is 5.01. The van der Waals surface area contributed by atoms with Crippen LogP contribution >= 0.6 is 0 Å². The highest BCUT2D eigenvalue weighted by Crippen LogP contribution is 2.18. The second-order valence-electron chi connectivity index (χ2n) is 4.98. The number of benzene rings is 1. The number of hydrogen-bond donors (Lipinski definition) is 1. The Morgan fingerprint density at radius 3 is 2.35 bits per heavy atom. The number of carbonyl (C=O) groups excluding carboxylic acids is 1. The van der Waals surface area contributed by atoms with Crippen LogP contribution in [-0.4, -0.2) is 49.6 Å². The summed E-state index contributed by atoms with van der Waals surface area (Å²) in [6, 6.07) is 4.33. The Morgan fingerprint density at radius 1 is 1.30 bits per heavy atom. The van der Waals surface area contributed by atoms with Crippen molar-refractivity contribution < 1.29 is 19.1 Å². The molecule has 0 aliphatic rings. The Hall–Kier alpha value is -2.11. The van der Waals surface area contributed by atoms with Crippen LogP contribution in [0.15, 0.2) is 18.2 Å². The lowest BCUT2D eigenvalue weighted by Gasteiger charge is -2.20. The average Bonchev–Trinajstić information content (AvgIpc) is 2.37. The first-order valence-corrected chi connectivity index (χ1v) is 6.19. The zero-order chi connectivity index (χ0) is 15.4. The number of hydrogen-bond acceptors (Lipinski definition) is 3. The van der Waals surface area contributed by atoms with Crippen LogP contribution < -0.4 is 4.90 Å². The van der Waals surface area contributed by atoms with Crippen LogP contribution in [0, 0.1) is 11.7 Å². The molecule has 0 radical (unpaired) electrons. The molecule has 1 rings (SSSR count). The third kappa shape index (κ3) is 3.69. The number of nitrogens with zero attached hydrogens (tertiary/aromatic N) is 2. The van der Waals surface area contributed by atoms with Gasteiger partial charge in [-0.15, -0.1) is 0 Å². The van der Waals surface area contributed by atoms with Crippen LogP contribution in [0.4, 0.5) is 10.1 Å². The summed E-state index contributed by atoms with van der Waals surface area (Å²) in [5.74, 6) is -2.84. The number of rotatable bonds is 5. The first kappa shape index (κ1) is 15.9. The molecular formula is C14H19FN2O3. The van der Waals surface area contributed by atoms with E-state index in [9.17, 15) is 14.0 Å². The number of carbonyl (C=O) groups is 2. The molecule has 0 saturated heterocycles. The van der Waals surface area contributed by atoms with Crippen molar-refractivity contribution >= 4 is 17.6 Å². The summed E-state index contributed by atoms with van der Waals surface area (Å²) < 4.78 is 13.9. The number of halogens is 1. The van der Waals surface area contributed by atoms with Crippen molar-refractivity contribution in [3.8, 4) is 0 Å². The maximum absolute atomic E-state index is 13.9. The molecule has 5 nitrogen and oxygen atoms in total. The van der Waals surface area contributed by atoms with Gasteiger partial charge in [-0.05, 0) is 18.2 Å². The molecule has 0 heterocycles. The van der Waals surface area contributed by atoms with Crippen molar-refractivity contribution in [2.45, 2.75) is 6.92 Å². The molecule has 20 heavy (non-hydrogen) atoms. The largest absolute Gasteiger partial charge is 0.481 e. The van der Waals surface area contributed by atoms with Crippen LogP contribution in [0.1, 0.15) is 17.3 Å². The zero-order valence-corrected chi connectivity index (χ0v) is 12.1. The molecule has 1 aromatic carbocycles. The molecule has 110 valence electrons. The number of anilines is 1. The van der Waals surface area contributed by atoms with E-state index in [1.807, 2.05) is 0 Å². The molecule has 1 aromatic rings. The highest BCUT2D eigenvalue weighted by atomic mass is 19.1. The molecule has 1 unspecified atom stereocenters. The third-order valence-corrected chi connectivity index (χ3v) is 3.02. The van der Waals surface area contributed by atoms with Crippen molar-refractivity contribution in [1.29, 1.82) is 0 Å². The summed E-state index contributed by atoms with van der Waals surface area (Å²) in [5.41, 5.74) is 0.594. The molecule has 0 aromatic heterocycles. The van der Waals surface area contributed by atoms with Gasteiger partial charge >= 0.3 is 5.97 Å². The smallest absolute Gasteiger partial charge is 0.308 e. The molecule has 1 N–H and O–H groups in total. The van der Waals surface area contributed by atoms with E-state index >= 15 is 0 Å². The van der Waals surface area contributed by atoms with Gasteiger partial charge < -0.3 is 14.9 Å². The Kier molecular flexibility index (Phi) is 5.07. The van der Waals surface area contributed by atoms with Crippen molar-refractivity contribution in [3.05, 3.63) is 29.6 Å². The molecular weight excluding hydrogens is 263 g/mol. The average molecular weight is 282 g/mol. The van der Waals surface area contributed by atoms with Crippen LogP contribution in [0.3, 0.4) is 0 Å². The molecule has 0 fully saturated rings. The summed E-state index contributed by atoms with van der Waals surface area (Å²) in [4.78, 5) is 25.8. The molecule has 0 bridgehead atoms. The van der Waals surface area contributed by atoms with Crippen molar-refractivity contribution in [1.82, 2.24) is 4.90 Å². The maximum atomic E-state index is 13.9. The van der Waals surface area contributed by atoms with E-state index in [-0.39, 0.29) is 12.1 Å². The van der Waals surface area contributed by atoms with Crippen molar-refractivity contribution in [3.63, 3.8) is 0 Å². The topological polar surface area (TPSA) is 60.9 Å². The predicted molar refractivity (Wildman–Crippen MR) is 74.5 cm³/mol. The minimum absolute atomic E-state index is 0.0308. The SMILES string of the molecule is CC(CN(C)C(=O)c1ccc(N(C)C)cc1F)C(=O)O. The second kappa shape index (κ2) is 6.36. The van der Waals surface area contributed by atoms with Gasteiger partial charge in [0.1, 0.15) is 5.82 Å². The van der Waals surface area contributed by atoms with Gasteiger partial charge in [0.15, 0.2) is 0 Å². The Morgan fingerprint density at radius 2 is 1.90 bits per heavy atom. The molecule has 0 aliphatic heterocycles. The summed E-state index contributed by atoms with van der Waals surface area (Å²) in [6.07, 6.45) is 0. The van der Waals surface area contributed by atoms with E-state index in [1.54, 1.807) is 25.1 Å². The first-order valence-electron chi connectivity index (χ1n) is 6.19. The third-order valence-electron chi connectivity index (χ3n) is 3.02. The lowest BCUT2D eigenvalue weighted by atomic mass is 10.1. The van der Waals surface area contributed by atoms with Gasteiger partial charge in [-0.25, -0.2) is 4.39 Å². The van der Waals surface area contributed by atoms with Crippen molar-refractivity contribution in [2.75, 3.05) is 32.6 Å². The predicted octanol–water partition coefficient (Wildman–Crippen LogP) is 1.68. The fourth-order valence-electron chi connectivity index (χ4n) is 1.73. The van der Waals surface area contributed by atoms with Gasteiger partial charge in [-0.2, -0.15) is 0 Å². The van der Waals surface area contributed by atoms with Crippen LogP contribution in [0.2, 0.25) is 0 Å². The quantitative estimate of drug-likeness (QED) is 0.892. The summed E-state index contributed by atoms with van der Waals surface area (Å²) in [5, 5.41) is 8.82. The minimum atomic E-state index is -0.993. The summed E-state index contributed by atoms with van der Waals surface area (Å²) in [6.45, 7) is 1.53. The van der Waals surface area contributed by atoms with Crippen LogP contribution in [-0.2, 0) is 4.79 Å². The van der Waals surface area contributed by atoms with E-state index in [0.29, 0.717) is 5.69 Å². The molecule has 6 heteroatoms. The first-order chi connectivity index (χ1) is 9.23. The second-order valence-corrected chi connectivity index (χ2v) is 4.98. The minimum Gasteiger partial charge on any atom is -0.481 e. The molecule has 0 spiro atoms. The van der Waals surface area contributed by atoms with E-state index in [4.69, 9.17) is 5.11 Å². The van der Waals surface area contributed by atoms with Gasteiger partial charge in [-0.1, -0.05) is 6.92 Å². The van der Waals surface area contributed by atoms with E-state index in [0.717, 1.165) is 0 Å². The van der Waals surface area contributed by atoms with Gasteiger partial charge in [0.05, 0.1) is 11.5 Å². The normalized spacial score (nSPS) is 11.8. The van der Waals surface area contributed by atoms with E-state index in [2.05, 4.69) is 0 Å². The molecule has 1 atom stereocenters. The monoisotopic (exact) mass is 282 g/mol. The van der Waals surface area contributed by atoms with Crippen LogP contribution in [0.5, 0.6) is 0 Å². The summed E-state index contributed by atoms with van der Waals surface area (Å²) >= 11 is 0. The van der Waals surface area contributed by atoms with Gasteiger partial charge in [-0.3, -0.25) is 9.59 Å². The molecule has 0 saturated carbocycles. The number of aliphatic carboxylic acids is 1. The highest BCUT2D eigenvalue weighted by Gasteiger charge is 2.21. The number of amides is 1. The Labute approximate surface area is 117 Å². The van der Waals surface area contributed by atoms with Gasteiger partial charge in [0, 0.05) is 33.4 Å². The van der Waals surface area contributed by atoms with E-state index in [1.165, 1.54) is 31.0 Å². The maximum Gasteiger partial charge on any atom is 0.308 e. The molecule has 0 aliphatic carbocycles. The number of carboxylic acid groups (broad SMARTS) is 1.